The highest BCUT2D eigenvalue weighted by Gasteiger charge is 2.11. The van der Waals surface area contributed by atoms with Gasteiger partial charge in [0.2, 0.25) is 0 Å². The lowest BCUT2D eigenvalue weighted by atomic mass is 10.1. The zero-order valence-corrected chi connectivity index (χ0v) is 10.6. The van der Waals surface area contributed by atoms with Crippen LogP contribution in [0.1, 0.15) is 12.5 Å². The fourth-order valence-electron chi connectivity index (χ4n) is 1.39. The second-order valence-corrected chi connectivity index (χ2v) is 3.50. The van der Waals surface area contributed by atoms with Crippen molar-refractivity contribution < 1.29 is 19.4 Å². The van der Waals surface area contributed by atoms with Crippen LogP contribution in [0.4, 0.5) is 0 Å². The minimum absolute atomic E-state index is 0.0955. The van der Waals surface area contributed by atoms with E-state index in [0.29, 0.717) is 11.3 Å². The zero-order valence-electron chi connectivity index (χ0n) is 10.6. The minimum atomic E-state index is -0.665. The fraction of sp³-hybridized carbons (Fsp3) is 0.286. The third-order valence-electron chi connectivity index (χ3n) is 2.18. The normalized spacial score (nSPS) is 10.7. The van der Waals surface area contributed by atoms with Crippen molar-refractivity contribution in [2.24, 2.45) is 0 Å². The summed E-state index contributed by atoms with van der Waals surface area (Å²) in [5, 5.41) is 17.7. The topological polar surface area (TPSA) is 79.6 Å². The van der Waals surface area contributed by atoms with E-state index >= 15 is 0 Å². The number of hydrogen-bond acceptors (Lipinski definition) is 5. The number of rotatable bonds is 6. The Hall–Kier alpha value is -2.32. The molecule has 1 N–H and O–H groups in total. The predicted molar refractivity (Wildman–Crippen MR) is 69.2 cm³/mol. The number of ether oxygens (including phenoxy) is 2. The van der Waals surface area contributed by atoms with Gasteiger partial charge in [-0.2, -0.15) is 5.26 Å². The van der Waals surface area contributed by atoms with Crippen molar-refractivity contribution in [2.45, 2.75) is 6.92 Å². The largest absolute Gasteiger partial charge is 0.491 e. The van der Waals surface area contributed by atoms with Gasteiger partial charge in [0.15, 0.2) is 0 Å². The van der Waals surface area contributed by atoms with Crippen LogP contribution in [0.3, 0.4) is 0 Å². The fourth-order valence-corrected chi connectivity index (χ4v) is 1.39. The Morgan fingerprint density at radius 1 is 1.47 bits per heavy atom. The molecule has 0 aliphatic heterocycles. The Balaban J connectivity index is 3.01. The van der Waals surface area contributed by atoms with Crippen molar-refractivity contribution >= 4 is 12.0 Å². The van der Waals surface area contributed by atoms with Crippen LogP contribution in [0, 0.1) is 11.3 Å². The van der Waals surface area contributed by atoms with Gasteiger partial charge in [0, 0.05) is 5.56 Å². The summed E-state index contributed by atoms with van der Waals surface area (Å²) in [4.78, 5) is 11.5. The molecular formula is C14H15NO4. The zero-order chi connectivity index (χ0) is 14.1. The van der Waals surface area contributed by atoms with Gasteiger partial charge in [-0.1, -0.05) is 18.2 Å². The summed E-state index contributed by atoms with van der Waals surface area (Å²) in [7, 11) is 0. The lowest BCUT2D eigenvalue weighted by molar-refractivity contribution is -0.137. The first-order chi connectivity index (χ1) is 9.22. The molecule has 100 valence electrons. The van der Waals surface area contributed by atoms with Gasteiger partial charge in [-0.25, -0.2) is 4.79 Å². The Kier molecular flexibility index (Phi) is 6.13. The highest BCUT2D eigenvalue weighted by atomic mass is 16.5. The maximum atomic E-state index is 11.5. The van der Waals surface area contributed by atoms with E-state index in [4.69, 9.17) is 19.8 Å². The number of aliphatic hydroxyl groups excluding tert-OH is 1. The number of aliphatic hydroxyl groups is 1. The summed E-state index contributed by atoms with van der Waals surface area (Å²) in [5.41, 5.74) is 0.488. The van der Waals surface area contributed by atoms with E-state index in [-0.39, 0.29) is 25.4 Å². The molecule has 5 nitrogen and oxygen atoms in total. The lowest BCUT2D eigenvalue weighted by Crippen LogP contribution is -2.06. The number of para-hydroxylation sites is 1. The molecule has 0 aliphatic carbocycles. The number of nitriles is 1. The van der Waals surface area contributed by atoms with Crippen molar-refractivity contribution in [3.8, 4) is 11.8 Å². The minimum Gasteiger partial charge on any atom is -0.491 e. The molecule has 0 unspecified atom stereocenters. The number of hydrogen-bond donors (Lipinski definition) is 1. The Morgan fingerprint density at radius 3 is 2.84 bits per heavy atom. The summed E-state index contributed by atoms with van der Waals surface area (Å²) >= 11 is 0. The molecule has 1 aromatic rings. The van der Waals surface area contributed by atoms with Crippen molar-refractivity contribution in [3.05, 3.63) is 35.4 Å². The molecule has 5 heteroatoms. The number of nitrogens with zero attached hydrogens (tertiary/aromatic N) is 1. The molecule has 0 fully saturated rings. The second kappa shape index (κ2) is 7.90. The number of esters is 1. The summed E-state index contributed by atoms with van der Waals surface area (Å²) in [6.45, 7) is 1.92. The first-order valence-electron chi connectivity index (χ1n) is 5.84. The van der Waals surface area contributed by atoms with E-state index in [2.05, 4.69) is 0 Å². The van der Waals surface area contributed by atoms with Crippen LogP contribution in [0.5, 0.6) is 5.75 Å². The molecule has 19 heavy (non-hydrogen) atoms. The van der Waals surface area contributed by atoms with Crippen LogP contribution in [0.2, 0.25) is 0 Å². The Morgan fingerprint density at radius 2 is 2.21 bits per heavy atom. The third-order valence-corrected chi connectivity index (χ3v) is 2.18. The molecule has 0 heterocycles. The average molecular weight is 261 g/mol. The number of carbonyl (C=O) groups is 1. The van der Waals surface area contributed by atoms with E-state index < -0.39 is 5.97 Å². The molecule has 0 bridgehead atoms. The smallest absolute Gasteiger partial charge is 0.348 e. The quantitative estimate of drug-likeness (QED) is 0.477. The standard InChI is InChI=1S/C14H15NO4/c1-2-18-14(17)12(10-15)9-11-5-3-4-6-13(11)19-8-7-16/h3-6,9,16H,2,7-8H2,1H3/b12-9+. The first-order valence-corrected chi connectivity index (χ1v) is 5.84. The summed E-state index contributed by atoms with van der Waals surface area (Å²) < 4.78 is 10.1. The van der Waals surface area contributed by atoms with E-state index in [1.807, 2.05) is 0 Å². The van der Waals surface area contributed by atoms with Crippen molar-refractivity contribution in [2.75, 3.05) is 19.8 Å². The molecule has 0 aliphatic rings. The molecule has 0 amide bonds. The van der Waals surface area contributed by atoms with Crippen LogP contribution in [-0.2, 0) is 9.53 Å². The molecule has 1 aromatic carbocycles. The summed E-state index contributed by atoms with van der Waals surface area (Å²) in [6.07, 6.45) is 1.41. The summed E-state index contributed by atoms with van der Waals surface area (Å²) in [6, 6.07) is 8.73. The van der Waals surface area contributed by atoms with Gasteiger partial charge in [0.25, 0.3) is 0 Å². The van der Waals surface area contributed by atoms with E-state index in [1.54, 1.807) is 37.3 Å². The molecule has 0 saturated carbocycles. The van der Waals surface area contributed by atoms with Crippen molar-refractivity contribution in [1.82, 2.24) is 0 Å². The molecule has 0 radical (unpaired) electrons. The van der Waals surface area contributed by atoms with Gasteiger partial charge in [-0.05, 0) is 19.1 Å². The first kappa shape index (κ1) is 14.7. The molecule has 0 aromatic heterocycles. The van der Waals surface area contributed by atoms with Gasteiger partial charge in [0.1, 0.15) is 24.0 Å². The molecule has 1 rings (SSSR count). The molecule has 0 atom stereocenters. The van der Waals surface area contributed by atoms with E-state index in [9.17, 15) is 4.79 Å². The van der Waals surface area contributed by atoms with Crippen molar-refractivity contribution in [1.29, 1.82) is 5.26 Å². The number of carbonyl (C=O) groups excluding carboxylic acids is 1. The maximum absolute atomic E-state index is 11.5. The van der Waals surface area contributed by atoms with Crippen LogP contribution in [-0.4, -0.2) is 30.9 Å². The van der Waals surface area contributed by atoms with Gasteiger partial charge in [0.05, 0.1) is 13.2 Å². The van der Waals surface area contributed by atoms with Gasteiger partial charge in [-0.3, -0.25) is 0 Å². The van der Waals surface area contributed by atoms with Crippen LogP contribution < -0.4 is 4.74 Å². The Labute approximate surface area is 111 Å². The molecule has 0 spiro atoms. The highest BCUT2D eigenvalue weighted by molar-refractivity contribution is 5.98. The maximum Gasteiger partial charge on any atom is 0.348 e. The highest BCUT2D eigenvalue weighted by Crippen LogP contribution is 2.21. The summed E-state index contributed by atoms with van der Waals surface area (Å²) in [5.74, 6) is -0.171. The Bertz CT molecular complexity index is 502. The number of benzene rings is 1. The third kappa shape index (κ3) is 4.45. The van der Waals surface area contributed by atoms with Crippen LogP contribution in [0.25, 0.3) is 6.08 Å². The van der Waals surface area contributed by atoms with Gasteiger partial charge in [-0.15, -0.1) is 0 Å². The van der Waals surface area contributed by atoms with E-state index in [0.717, 1.165) is 0 Å². The van der Waals surface area contributed by atoms with Gasteiger partial charge >= 0.3 is 5.97 Å². The SMILES string of the molecule is CCOC(=O)/C(C#N)=C/c1ccccc1OCCO. The monoisotopic (exact) mass is 261 g/mol. The molecule has 0 saturated heterocycles. The van der Waals surface area contributed by atoms with Crippen LogP contribution in [0.15, 0.2) is 29.8 Å². The van der Waals surface area contributed by atoms with Crippen LogP contribution >= 0.6 is 0 Å². The lowest BCUT2D eigenvalue weighted by Gasteiger charge is -2.08. The van der Waals surface area contributed by atoms with Gasteiger partial charge < -0.3 is 14.6 Å². The van der Waals surface area contributed by atoms with Crippen molar-refractivity contribution in [3.63, 3.8) is 0 Å². The second-order valence-electron chi connectivity index (χ2n) is 3.50. The molecular weight excluding hydrogens is 246 g/mol. The van der Waals surface area contributed by atoms with E-state index in [1.165, 1.54) is 6.08 Å². The average Bonchev–Trinajstić information content (AvgIpc) is 2.43. The predicted octanol–water partition coefficient (Wildman–Crippen LogP) is 1.53.